The first-order valence-electron chi connectivity index (χ1n) is 7.79. The number of hydrogen-bond acceptors (Lipinski definition) is 5. The highest BCUT2D eigenvalue weighted by Crippen LogP contribution is 2.50. The van der Waals surface area contributed by atoms with Crippen molar-refractivity contribution in [2.45, 2.75) is 38.8 Å². The van der Waals surface area contributed by atoms with Crippen LogP contribution < -0.4 is 15.8 Å². The molecule has 25 heavy (non-hydrogen) atoms. The number of rotatable bonds is 6. The largest absolute Gasteiger partial charge is 0.378 e. The highest BCUT2D eigenvalue weighted by molar-refractivity contribution is 7.92. The van der Waals surface area contributed by atoms with Crippen LogP contribution in [-0.4, -0.2) is 38.8 Å². The first-order valence-corrected chi connectivity index (χ1v) is 9.68. The van der Waals surface area contributed by atoms with E-state index < -0.39 is 21.0 Å². The van der Waals surface area contributed by atoms with Gasteiger partial charge in [0.25, 0.3) is 0 Å². The van der Waals surface area contributed by atoms with E-state index in [9.17, 15) is 13.2 Å². The fourth-order valence-corrected chi connectivity index (χ4v) is 3.49. The number of nitrogens with one attached hydrogen (secondary N) is 2. The van der Waals surface area contributed by atoms with Gasteiger partial charge in [0, 0.05) is 24.1 Å². The van der Waals surface area contributed by atoms with Crippen LogP contribution in [0, 0.1) is 5.41 Å². The van der Waals surface area contributed by atoms with Crippen LogP contribution in [0.2, 0.25) is 0 Å². The van der Waals surface area contributed by atoms with Crippen molar-refractivity contribution < 1.29 is 17.9 Å². The summed E-state index contributed by atoms with van der Waals surface area (Å²) in [4.78, 5) is 12.6. The molecule has 0 heterocycles. The zero-order chi connectivity index (χ0) is 18.2. The number of halogens is 1. The van der Waals surface area contributed by atoms with Crippen LogP contribution in [0.5, 0.6) is 0 Å². The van der Waals surface area contributed by atoms with Crippen molar-refractivity contribution >= 4 is 39.7 Å². The van der Waals surface area contributed by atoms with Crippen LogP contribution in [-0.2, 0) is 19.6 Å². The van der Waals surface area contributed by atoms with Gasteiger partial charge >= 0.3 is 0 Å². The van der Waals surface area contributed by atoms with Crippen molar-refractivity contribution in [1.29, 1.82) is 0 Å². The fourth-order valence-electron chi connectivity index (χ4n) is 2.94. The third kappa shape index (κ3) is 4.44. The Balaban J connectivity index is 0.00000312. The van der Waals surface area contributed by atoms with E-state index in [1.54, 1.807) is 24.3 Å². The number of anilines is 2. The summed E-state index contributed by atoms with van der Waals surface area (Å²) >= 11 is 0. The number of sulfonamides is 1. The van der Waals surface area contributed by atoms with Gasteiger partial charge in [0.2, 0.25) is 15.9 Å². The standard InChI is InChI=1S/C16H25N3O4S.ClH/c1-5-23-13-10-16(17,15(13,2)3)14(20)18-11-7-6-8-12(9-11)19-24(4,21)22;/h6-9,13,19H,5,10,17H2,1-4H3,(H,18,20);1H. The van der Waals surface area contributed by atoms with Crippen LogP contribution in [0.3, 0.4) is 0 Å². The van der Waals surface area contributed by atoms with Crippen molar-refractivity contribution in [2.24, 2.45) is 11.1 Å². The molecule has 1 aliphatic rings. The number of nitrogens with two attached hydrogens (primary N) is 1. The maximum atomic E-state index is 12.6. The first-order chi connectivity index (χ1) is 11.0. The molecule has 2 rings (SSSR count). The van der Waals surface area contributed by atoms with Crippen LogP contribution >= 0.6 is 12.4 Å². The van der Waals surface area contributed by atoms with E-state index in [-0.39, 0.29) is 24.4 Å². The molecular weight excluding hydrogens is 366 g/mol. The number of benzene rings is 1. The lowest BCUT2D eigenvalue weighted by molar-refractivity contribution is -0.166. The molecule has 0 radical (unpaired) electrons. The van der Waals surface area contributed by atoms with Crippen molar-refractivity contribution in [1.82, 2.24) is 0 Å². The summed E-state index contributed by atoms with van der Waals surface area (Å²) < 4.78 is 30.6. The topological polar surface area (TPSA) is 111 Å². The number of ether oxygens (including phenoxy) is 1. The second-order valence-corrected chi connectivity index (χ2v) is 8.50. The van der Waals surface area contributed by atoms with Gasteiger partial charge in [0.05, 0.1) is 18.0 Å². The smallest absolute Gasteiger partial charge is 0.245 e. The quantitative estimate of drug-likeness (QED) is 0.686. The van der Waals surface area contributed by atoms with Crippen molar-refractivity contribution in [3.05, 3.63) is 24.3 Å². The van der Waals surface area contributed by atoms with E-state index in [2.05, 4.69) is 10.0 Å². The van der Waals surface area contributed by atoms with Gasteiger partial charge in [-0.1, -0.05) is 19.9 Å². The Morgan fingerprint density at radius 2 is 1.96 bits per heavy atom. The van der Waals surface area contributed by atoms with E-state index in [0.717, 1.165) is 6.26 Å². The van der Waals surface area contributed by atoms with Gasteiger partial charge in [-0.05, 0) is 25.1 Å². The molecule has 7 nitrogen and oxygen atoms in total. The molecule has 1 aromatic carbocycles. The van der Waals surface area contributed by atoms with E-state index in [0.29, 0.717) is 24.4 Å². The van der Waals surface area contributed by atoms with E-state index in [1.807, 2.05) is 20.8 Å². The predicted octanol–water partition coefficient (Wildman–Crippen LogP) is 1.95. The number of carbonyl (C=O) groups is 1. The highest BCUT2D eigenvalue weighted by Gasteiger charge is 2.62. The Morgan fingerprint density at radius 1 is 1.36 bits per heavy atom. The van der Waals surface area contributed by atoms with Gasteiger partial charge in [-0.2, -0.15) is 0 Å². The Kier molecular flexibility index (Phi) is 6.50. The monoisotopic (exact) mass is 391 g/mol. The molecule has 1 amide bonds. The fraction of sp³-hybridized carbons (Fsp3) is 0.562. The van der Waals surface area contributed by atoms with Gasteiger partial charge in [-0.15, -0.1) is 12.4 Å². The second-order valence-electron chi connectivity index (χ2n) is 6.75. The van der Waals surface area contributed by atoms with E-state index >= 15 is 0 Å². The molecule has 1 aliphatic carbocycles. The van der Waals surface area contributed by atoms with Gasteiger partial charge in [-0.25, -0.2) is 8.42 Å². The van der Waals surface area contributed by atoms with Gasteiger partial charge < -0.3 is 15.8 Å². The minimum atomic E-state index is -3.38. The number of amides is 1. The average molecular weight is 392 g/mol. The summed E-state index contributed by atoms with van der Waals surface area (Å²) in [5.74, 6) is -0.306. The Bertz CT molecular complexity index is 739. The Labute approximate surface area is 155 Å². The molecule has 0 saturated heterocycles. The SMILES string of the molecule is CCOC1CC(N)(C(=O)Nc2cccc(NS(C)(=O)=O)c2)C1(C)C.Cl. The Morgan fingerprint density at radius 3 is 2.48 bits per heavy atom. The Hall–Kier alpha value is -1.35. The summed E-state index contributed by atoms with van der Waals surface area (Å²) in [7, 11) is -3.38. The molecule has 0 aromatic heterocycles. The average Bonchev–Trinajstić information content (AvgIpc) is 2.45. The van der Waals surface area contributed by atoms with Crippen LogP contribution in [0.25, 0.3) is 0 Å². The molecule has 1 saturated carbocycles. The van der Waals surface area contributed by atoms with Crippen molar-refractivity contribution in [3.8, 4) is 0 Å². The highest BCUT2D eigenvalue weighted by atomic mass is 35.5. The molecule has 2 unspecified atom stereocenters. The molecule has 2 atom stereocenters. The van der Waals surface area contributed by atoms with E-state index in [4.69, 9.17) is 10.5 Å². The lowest BCUT2D eigenvalue weighted by Gasteiger charge is -2.57. The first kappa shape index (κ1) is 21.7. The zero-order valence-electron chi connectivity index (χ0n) is 14.8. The van der Waals surface area contributed by atoms with Gasteiger partial charge in [0.15, 0.2) is 0 Å². The maximum absolute atomic E-state index is 12.6. The van der Waals surface area contributed by atoms with Crippen LogP contribution in [0.15, 0.2) is 24.3 Å². The minimum Gasteiger partial charge on any atom is -0.378 e. The maximum Gasteiger partial charge on any atom is 0.245 e. The summed E-state index contributed by atoms with van der Waals surface area (Å²) in [6.45, 7) is 6.31. The molecule has 9 heteroatoms. The minimum absolute atomic E-state index is 0. The molecule has 0 spiro atoms. The second kappa shape index (κ2) is 7.49. The van der Waals surface area contributed by atoms with Gasteiger partial charge in [-0.3, -0.25) is 9.52 Å². The number of carbonyl (C=O) groups excluding carboxylic acids is 1. The lowest BCUT2D eigenvalue weighted by Crippen LogP contribution is -2.74. The van der Waals surface area contributed by atoms with Crippen LogP contribution in [0.4, 0.5) is 11.4 Å². The van der Waals surface area contributed by atoms with E-state index in [1.165, 1.54) is 0 Å². The summed E-state index contributed by atoms with van der Waals surface area (Å²) in [5, 5.41) is 2.77. The third-order valence-corrected chi connectivity index (χ3v) is 5.27. The van der Waals surface area contributed by atoms with Gasteiger partial charge in [0.1, 0.15) is 5.54 Å². The number of hydrogen-bond donors (Lipinski definition) is 3. The molecule has 4 N–H and O–H groups in total. The predicted molar refractivity (Wildman–Crippen MR) is 102 cm³/mol. The molecule has 0 aliphatic heterocycles. The van der Waals surface area contributed by atoms with Crippen molar-refractivity contribution in [3.63, 3.8) is 0 Å². The molecule has 142 valence electrons. The van der Waals surface area contributed by atoms with Crippen molar-refractivity contribution in [2.75, 3.05) is 22.9 Å². The summed E-state index contributed by atoms with van der Waals surface area (Å²) in [5.41, 5.74) is 5.66. The summed E-state index contributed by atoms with van der Waals surface area (Å²) in [6, 6.07) is 6.49. The molecule has 1 fully saturated rings. The summed E-state index contributed by atoms with van der Waals surface area (Å²) in [6.07, 6.45) is 1.45. The zero-order valence-corrected chi connectivity index (χ0v) is 16.5. The molecule has 1 aromatic rings. The molecule has 0 bridgehead atoms. The lowest BCUT2D eigenvalue weighted by atomic mass is 9.54. The third-order valence-electron chi connectivity index (χ3n) is 4.66. The normalized spacial score (nSPS) is 24.6. The molecular formula is C16H26ClN3O4S. The van der Waals surface area contributed by atoms with Crippen LogP contribution in [0.1, 0.15) is 27.2 Å².